The zero-order valence-corrected chi connectivity index (χ0v) is 17.0. The van der Waals surface area contributed by atoms with Gasteiger partial charge in [0.15, 0.2) is 17.5 Å². The molecule has 0 heterocycles. The summed E-state index contributed by atoms with van der Waals surface area (Å²) < 4.78 is 22.8. The summed E-state index contributed by atoms with van der Waals surface area (Å²) in [6.45, 7) is 11.7. The Balaban J connectivity index is 2.80. The van der Waals surface area contributed by atoms with Gasteiger partial charge < -0.3 is 20.1 Å². The lowest BCUT2D eigenvalue weighted by Crippen LogP contribution is -2.32. The van der Waals surface area contributed by atoms with E-state index in [0.717, 1.165) is 12.2 Å². The molecule has 1 aromatic rings. The molecule has 1 unspecified atom stereocenters. The summed E-state index contributed by atoms with van der Waals surface area (Å²) in [6, 6.07) is 5.64. The molecule has 0 aliphatic heterocycles. The smallest absolute Gasteiger partial charge is 0.195 e. The van der Waals surface area contributed by atoms with Crippen LogP contribution < -0.4 is 20.1 Å². The van der Waals surface area contributed by atoms with E-state index in [1.165, 1.54) is 0 Å². The lowest BCUT2D eigenvalue weighted by molar-refractivity contribution is 0.311. The van der Waals surface area contributed by atoms with Gasteiger partial charge in [0.05, 0.1) is 20.3 Å². The van der Waals surface area contributed by atoms with E-state index in [1.807, 2.05) is 52.8 Å². The topological polar surface area (TPSA) is 72.0 Å². The van der Waals surface area contributed by atoms with Crippen molar-refractivity contribution in [3.8, 4) is 11.5 Å². The minimum Gasteiger partial charge on any atom is -0.493 e. The Morgan fingerprint density at radius 3 is 2.52 bits per heavy atom. The van der Waals surface area contributed by atoms with Crippen LogP contribution in [-0.2, 0) is 10.8 Å². The first kappa shape index (κ1) is 21.3. The minimum atomic E-state index is -0.914. The van der Waals surface area contributed by atoms with E-state index in [4.69, 9.17) is 9.47 Å². The average Bonchev–Trinajstić information content (AvgIpc) is 2.55. The molecule has 1 rings (SSSR count). The molecule has 1 atom stereocenters. The third kappa shape index (κ3) is 7.34. The van der Waals surface area contributed by atoms with Crippen molar-refractivity contribution in [2.75, 3.05) is 37.9 Å². The Hall–Kier alpha value is -1.76. The van der Waals surface area contributed by atoms with Crippen LogP contribution in [0, 0.1) is 0 Å². The molecule has 0 radical (unpaired) electrons. The molecule has 25 heavy (non-hydrogen) atoms. The van der Waals surface area contributed by atoms with Crippen LogP contribution in [0.25, 0.3) is 0 Å². The number of benzene rings is 1. The van der Waals surface area contributed by atoms with E-state index < -0.39 is 10.8 Å². The fourth-order valence-corrected chi connectivity index (χ4v) is 2.88. The summed E-state index contributed by atoms with van der Waals surface area (Å²) in [5.74, 6) is 2.56. The third-order valence-electron chi connectivity index (χ3n) is 3.30. The second-order valence-electron chi connectivity index (χ2n) is 6.35. The number of anilines is 1. The highest BCUT2D eigenvalue weighted by Gasteiger charge is 2.18. The van der Waals surface area contributed by atoms with Crippen LogP contribution in [0.1, 0.15) is 34.6 Å². The Kier molecular flexibility index (Phi) is 8.75. The molecule has 1 aromatic carbocycles. The fraction of sp³-hybridized carbons (Fsp3) is 0.611. The summed E-state index contributed by atoms with van der Waals surface area (Å²) in [7, 11) is 0.700. The average molecular weight is 370 g/mol. The SMILES string of the molecule is CCNC(=NCCS(=O)C(C)(C)C)Nc1ccc(OCC)c(OC)c1. The van der Waals surface area contributed by atoms with Gasteiger partial charge in [0.2, 0.25) is 0 Å². The molecule has 6 nitrogen and oxygen atoms in total. The summed E-state index contributed by atoms with van der Waals surface area (Å²) in [5, 5.41) is 6.43. The van der Waals surface area contributed by atoms with Crippen molar-refractivity contribution in [1.29, 1.82) is 0 Å². The lowest BCUT2D eigenvalue weighted by atomic mass is 10.2. The van der Waals surface area contributed by atoms with Gasteiger partial charge in [0.1, 0.15) is 0 Å². The molecule has 0 aliphatic carbocycles. The maximum atomic E-state index is 12.1. The highest BCUT2D eigenvalue weighted by atomic mass is 32.2. The highest BCUT2D eigenvalue weighted by Crippen LogP contribution is 2.30. The van der Waals surface area contributed by atoms with Gasteiger partial charge in [-0.25, -0.2) is 0 Å². The van der Waals surface area contributed by atoms with Crippen LogP contribution in [0.2, 0.25) is 0 Å². The van der Waals surface area contributed by atoms with Crippen LogP contribution in [0.3, 0.4) is 0 Å². The van der Waals surface area contributed by atoms with Gasteiger partial charge in [-0.2, -0.15) is 0 Å². The van der Waals surface area contributed by atoms with Gasteiger partial charge >= 0.3 is 0 Å². The van der Waals surface area contributed by atoms with Crippen molar-refractivity contribution in [2.24, 2.45) is 4.99 Å². The molecule has 0 amide bonds. The number of ether oxygens (including phenoxy) is 2. The Bertz CT molecular complexity index is 598. The van der Waals surface area contributed by atoms with Crippen molar-refractivity contribution >= 4 is 22.4 Å². The van der Waals surface area contributed by atoms with Crippen molar-refractivity contribution in [3.05, 3.63) is 18.2 Å². The van der Waals surface area contributed by atoms with E-state index in [0.29, 0.717) is 36.4 Å². The largest absolute Gasteiger partial charge is 0.493 e. The van der Waals surface area contributed by atoms with Crippen molar-refractivity contribution in [3.63, 3.8) is 0 Å². The van der Waals surface area contributed by atoms with Crippen LogP contribution in [-0.4, -0.2) is 47.5 Å². The number of hydrogen-bond donors (Lipinski definition) is 2. The lowest BCUT2D eigenvalue weighted by Gasteiger charge is -2.17. The van der Waals surface area contributed by atoms with Crippen molar-refractivity contribution < 1.29 is 13.7 Å². The second-order valence-corrected chi connectivity index (χ2v) is 8.67. The molecule has 0 saturated heterocycles. The zero-order valence-electron chi connectivity index (χ0n) is 16.1. The van der Waals surface area contributed by atoms with Crippen molar-refractivity contribution in [2.45, 2.75) is 39.4 Å². The summed E-state index contributed by atoms with van der Waals surface area (Å²) in [5.41, 5.74) is 0.844. The van der Waals surface area contributed by atoms with Gasteiger partial charge in [-0.3, -0.25) is 9.20 Å². The third-order valence-corrected chi connectivity index (χ3v) is 5.22. The number of aliphatic imine (C=N–C) groups is 1. The number of hydrogen-bond acceptors (Lipinski definition) is 4. The second kappa shape index (κ2) is 10.3. The number of rotatable bonds is 8. The maximum absolute atomic E-state index is 12.1. The minimum absolute atomic E-state index is 0.218. The first-order valence-electron chi connectivity index (χ1n) is 8.56. The predicted octanol–water partition coefficient (Wildman–Crippen LogP) is 3.02. The zero-order chi connectivity index (χ0) is 18.9. The van der Waals surface area contributed by atoms with Crippen molar-refractivity contribution in [1.82, 2.24) is 5.32 Å². The molecule has 7 heteroatoms. The molecular weight excluding hydrogens is 338 g/mol. The molecule has 0 bridgehead atoms. The molecule has 2 N–H and O–H groups in total. The predicted molar refractivity (Wildman–Crippen MR) is 107 cm³/mol. The van der Waals surface area contributed by atoms with Crippen LogP contribution in [0.15, 0.2) is 23.2 Å². The quantitative estimate of drug-likeness (QED) is 0.544. The number of nitrogens with one attached hydrogen (secondary N) is 2. The molecule has 0 aromatic heterocycles. The van der Waals surface area contributed by atoms with Crippen LogP contribution in [0.5, 0.6) is 11.5 Å². The van der Waals surface area contributed by atoms with Gasteiger partial charge in [-0.05, 0) is 46.8 Å². The number of guanidine groups is 1. The molecule has 0 spiro atoms. The normalized spacial score (nSPS) is 13.3. The summed E-state index contributed by atoms with van der Waals surface area (Å²) in [6.07, 6.45) is 0. The monoisotopic (exact) mass is 369 g/mol. The van der Waals surface area contributed by atoms with Gasteiger partial charge in [0, 0.05) is 39.6 Å². The summed E-state index contributed by atoms with van der Waals surface area (Å²) in [4.78, 5) is 4.51. The van der Waals surface area contributed by atoms with E-state index in [-0.39, 0.29) is 4.75 Å². The van der Waals surface area contributed by atoms with Gasteiger partial charge in [-0.1, -0.05) is 0 Å². The maximum Gasteiger partial charge on any atom is 0.195 e. The molecule has 142 valence electrons. The standard InChI is InChI=1S/C18H31N3O3S/c1-7-19-17(20-11-12-25(22)18(3,4)5)21-14-9-10-15(24-8-2)16(13-14)23-6/h9-10,13H,7-8,11-12H2,1-6H3,(H2,19,20,21). The highest BCUT2D eigenvalue weighted by molar-refractivity contribution is 7.86. The molecule has 0 saturated carbocycles. The van der Waals surface area contributed by atoms with Gasteiger partial charge in [-0.15, -0.1) is 0 Å². The Morgan fingerprint density at radius 2 is 1.96 bits per heavy atom. The van der Waals surface area contributed by atoms with Crippen LogP contribution >= 0.6 is 0 Å². The molecular formula is C18H31N3O3S. The number of nitrogens with zero attached hydrogens (tertiary/aromatic N) is 1. The van der Waals surface area contributed by atoms with Crippen LogP contribution in [0.4, 0.5) is 5.69 Å². The van der Waals surface area contributed by atoms with Gasteiger partial charge in [0.25, 0.3) is 0 Å². The molecule has 0 aliphatic rings. The Labute approximate surface area is 153 Å². The van der Waals surface area contributed by atoms with E-state index in [1.54, 1.807) is 7.11 Å². The Morgan fingerprint density at radius 1 is 1.24 bits per heavy atom. The first-order chi connectivity index (χ1) is 11.8. The van der Waals surface area contributed by atoms with E-state index in [2.05, 4.69) is 15.6 Å². The first-order valence-corrected chi connectivity index (χ1v) is 9.88. The van der Waals surface area contributed by atoms with E-state index in [9.17, 15) is 4.21 Å². The number of methoxy groups -OCH3 is 1. The summed E-state index contributed by atoms with van der Waals surface area (Å²) >= 11 is 0. The fourth-order valence-electron chi connectivity index (χ4n) is 2.01. The van der Waals surface area contributed by atoms with E-state index >= 15 is 0 Å². The molecule has 0 fully saturated rings.